The number of anilines is 1. The zero-order valence-electron chi connectivity index (χ0n) is 22.0. The van der Waals surface area contributed by atoms with Gasteiger partial charge in [0.05, 0.1) is 36.3 Å². The van der Waals surface area contributed by atoms with E-state index in [0.29, 0.717) is 24.5 Å². The average Bonchev–Trinajstić information content (AvgIpc) is 3.14. The van der Waals surface area contributed by atoms with Crippen molar-refractivity contribution in [3.8, 4) is 5.75 Å². The fourth-order valence-corrected chi connectivity index (χ4v) is 8.70. The van der Waals surface area contributed by atoms with Gasteiger partial charge in [0.1, 0.15) is 11.8 Å². The fourth-order valence-electron chi connectivity index (χ4n) is 6.55. The highest BCUT2D eigenvalue weighted by Crippen LogP contribution is 2.66. The second kappa shape index (κ2) is 9.20. The molecule has 5 rings (SSSR count). The second-order valence-electron chi connectivity index (χ2n) is 10.9. The van der Waals surface area contributed by atoms with E-state index in [4.69, 9.17) is 4.74 Å². The molecule has 0 bridgehead atoms. The number of rotatable bonds is 5. The third kappa shape index (κ3) is 3.73. The number of carbonyl (C=O) groups is 3. The standard InChI is InChI=1S/C28H35N3O5S/c1-17(2)20(16-32)31-23-26(35)30(18-8-10-19(36-5)11-9-18)15-7-13-28(23)22(25(31)34)21-24(33)29(4)14-6-12-27(21,3)37-28/h6-13,17,20-23,32H,14-16H2,1-5H3/t20-,21-,22-,23?,27+,28-/m0/s1. The van der Waals surface area contributed by atoms with Crippen LogP contribution in [0.25, 0.3) is 0 Å². The summed E-state index contributed by atoms with van der Waals surface area (Å²) in [4.78, 5) is 47.5. The van der Waals surface area contributed by atoms with Crippen molar-refractivity contribution in [3.63, 3.8) is 0 Å². The Hall–Kier alpha value is -2.78. The minimum atomic E-state index is -0.935. The van der Waals surface area contributed by atoms with Crippen LogP contribution in [0, 0.1) is 17.8 Å². The van der Waals surface area contributed by atoms with Crippen LogP contribution in [0.2, 0.25) is 0 Å². The summed E-state index contributed by atoms with van der Waals surface area (Å²) in [6.07, 6.45) is 7.98. The summed E-state index contributed by atoms with van der Waals surface area (Å²) in [7, 11) is 3.35. The number of thioether (sulfide) groups is 1. The first-order chi connectivity index (χ1) is 17.6. The summed E-state index contributed by atoms with van der Waals surface area (Å²) in [5.41, 5.74) is 0.701. The molecule has 2 fully saturated rings. The molecule has 1 N–H and O–H groups in total. The Kier molecular flexibility index (Phi) is 6.43. The third-order valence-electron chi connectivity index (χ3n) is 8.39. The number of methoxy groups -OCH3 is 1. The number of hydrogen-bond acceptors (Lipinski definition) is 6. The third-order valence-corrected chi connectivity index (χ3v) is 10.2. The van der Waals surface area contributed by atoms with Crippen molar-refractivity contribution < 1.29 is 24.2 Å². The Bertz CT molecular complexity index is 1170. The van der Waals surface area contributed by atoms with E-state index in [1.165, 1.54) is 0 Å². The molecule has 4 aliphatic heterocycles. The number of likely N-dealkylation sites (tertiary alicyclic amines) is 1. The average molecular weight is 526 g/mol. The summed E-state index contributed by atoms with van der Waals surface area (Å²) in [6.45, 7) is 6.46. The molecule has 0 aliphatic carbocycles. The van der Waals surface area contributed by atoms with E-state index in [9.17, 15) is 19.5 Å². The van der Waals surface area contributed by atoms with Gasteiger partial charge in [0.15, 0.2) is 0 Å². The monoisotopic (exact) mass is 525 g/mol. The van der Waals surface area contributed by atoms with Crippen LogP contribution in [-0.2, 0) is 14.4 Å². The molecule has 6 atom stereocenters. The maximum atomic E-state index is 14.5. The molecule has 9 heteroatoms. The Balaban J connectivity index is 1.67. The summed E-state index contributed by atoms with van der Waals surface area (Å²) in [5.74, 6) is -1.24. The molecule has 8 nitrogen and oxygen atoms in total. The van der Waals surface area contributed by atoms with Gasteiger partial charge >= 0.3 is 0 Å². The highest BCUT2D eigenvalue weighted by atomic mass is 32.2. The summed E-state index contributed by atoms with van der Waals surface area (Å²) < 4.78 is 3.71. The van der Waals surface area contributed by atoms with E-state index in [1.807, 2.05) is 57.2 Å². The van der Waals surface area contributed by atoms with Crippen LogP contribution in [0.1, 0.15) is 20.8 Å². The number of aliphatic hydroxyl groups excluding tert-OH is 1. The van der Waals surface area contributed by atoms with Crippen LogP contribution in [0.4, 0.5) is 5.69 Å². The van der Waals surface area contributed by atoms with E-state index in [-0.39, 0.29) is 30.2 Å². The normalized spacial score (nSPS) is 33.9. The quantitative estimate of drug-likeness (QED) is 0.594. The smallest absolute Gasteiger partial charge is 0.251 e. The van der Waals surface area contributed by atoms with Crippen molar-refractivity contribution in [2.45, 2.75) is 42.3 Å². The van der Waals surface area contributed by atoms with Crippen molar-refractivity contribution in [2.75, 3.05) is 38.8 Å². The lowest BCUT2D eigenvalue weighted by Crippen LogP contribution is -2.58. The molecule has 2 saturated heterocycles. The highest BCUT2D eigenvalue weighted by molar-refractivity contribution is 8.02. The first-order valence-electron chi connectivity index (χ1n) is 12.8. The molecule has 37 heavy (non-hydrogen) atoms. The number of aliphatic hydroxyl groups is 1. The number of likely N-dealkylation sites (N-methyl/N-ethyl adjacent to an activating group) is 1. The van der Waals surface area contributed by atoms with E-state index >= 15 is 0 Å². The lowest BCUT2D eigenvalue weighted by Gasteiger charge is -2.41. The van der Waals surface area contributed by atoms with Crippen LogP contribution in [0.15, 0.2) is 48.6 Å². The molecule has 0 aromatic heterocycles. The Morgan fingerprint density at radius 3 is 2.32 bits per heavy atom. The number of amides is 3. The molecule has 1 spiro atoms. The van der Waals surface area contributed by atoms with Gasteiger partial charge in [-0.1, -0.05) is 38.2 Å². The van der Waals surface area contributed by atoms with Crippen LogP contribution in [0.5, 0.6) is 5.75 Å². The fraction of sp³-hybridized carbons (Fsp3) is 0.536. The molecule has 1 aromatic carbocycles. The molecule has 0 radical (unpaired) electrons. The summed E-state index contributed by atoms with van der Waals surface area (Å²) in [5, 5.41) is 10.4. The second-order valence-corrected chi connectivity index (χ2v) is 12.7. The van der Waals surface area contributed by atoms with E-state index in [1.54, 1.807) is 52.8 Å². The van der Waals surface area contributed by atoms with Crippen LogP contribution < -0.4 is 9.64 Å². The zero-order chi connectivity index (χ0) is 26.7. The molecular weight excluding hydrogens is 490 g/mol. The lowest BCUT2D eigenvalue weighted by molar-refractivity contribution is -0.145. The number of hydrogen-bond donors (Lipinski definition) is 1. The van der Waals surface area contributed by atoms with Crippen LogP contribution >= 0.6 is 11.8 Å². The number of fused-ring (bicyclic) bond motifs is 2. The van der Waals surface area contributed by atoms with Gasteiger partial charge < -0.3 is 24.5 Å². The van der Waals surface area contributed by atoms with Gasteiger partial charge in [0.25, 0.3) is 5.91 Å². The summed E-state index contributed by atoms with van der Waals surface area (Å²) in [6, 6.07) is 5.88. The van der Waals surface area contributed by atoms with Gasteiger partial charge in [0, 0.05) is 30.6 Å². The first-order valence-corrected chi connectivity index (χ1v) is 13.6. The van der Waals surface area contributed by atoms with Crippen molar-refractivity contribution in [3.05, 3.63) is 48.6 Å². The van der Waals surface area contributed by atoms with E-state index < -0.39 is 33.4 Å². The Morgan fingerprint density at radius 2 is 1.70 bits per heavy atom. The summed E-state index contributed by atoms with van der Waals surface area (Å²) >= 11 is 1.55. The zero-order valence-corrected chi connectivity index (χ0v) is 22.8. The van der Waals surface area contributed by atoms with Crippen molar-refractivity contribution in [1.82, 2.24) is 9.80 Å². The van der Waals surface area contributed by atoms with Gasteiger partial charge in [-0.25, -0.2) is 0 Å². The van der Waals surface area contributed by atoms with Gasteiger partial charge in [-0.05, 0) is 37.1 Å². The molecule has 198 valence electrons. The molecule has 1 unspecified atom stereocenters. The largest absolute Gasteiger partial charge is 0.497 e. The topological polar surface area (TPSA) is 90.4 Å². The predicted molar refractivity (Wildman–Crippen MR) is 143 cm³/mol. The van der Waals surface area contributed by atoms with Crippen molar-refractivity contribution in [2.24, 2.45) is 17.8 Å². The van der Waals surface area contributed by atoms with Gasteiger partial charge in [-0.3, -0.25) is 14.4 Å². The lowest BCUT2D eigenvalue weighted by atomic mass is 9.74. The van der Waals surface area contributed by atoms with Gasteiger partial charge in [-0.2, -0.15) is 0 Å². The minimum absolute atomic E-state index is 0.0805. The van der Waals surface area contributed by atoms with E-state index in [0.717, 1.165) is 0 Å². The molecule has 1 aromatic rings. The minimum Gasteiger partial charge on any atom is -0.497 e. The van der Waals surface area contributed by atoms with Crippen molar-refractivity contribution in [1.29, 1.82) is 0 Å². The number of benzene rings is 1. The van der Waals surface area contributed by atoms with Crippen molar-refractivity contribution >= 4 is 35.2 Å². The van der Waals surface area contributed by atoms with E-state index in [2.05, 4.69) is 0 Å². The SMILES string of the molecule is COc1ccc(N2CC=C[C@]34S[C@]5(C)C=CCN(C)C(=O)[C@@H]5[C@H]3C(=O)N([C@@H](CO)C(C)C)C4C2=O)cc1. The predicted octanol–water partition coefficient (Wildman–Crippen LogP) is 2.33. The maximum absolute atomic E-state index is 14.5. The first kappa shape index (κ1) is 25.9. The Labute approximate surface area is 222 Å². The van der Waals surface area contributed by atoms with Crippen LogP contribution in [0.3, 0.4) is 0 Å². The molecule has 4 heterocycles. The Morgan fingerprint density at radius 1 is 1.03 bits per heavy atom. The van der Waals surface area contributed by atoms with Crippen LogP contribution in [-0.4, -0.2) is 88.1 Å². The maximum Gasteiger partial charge on any atom is 0.251 e. The number of ether oxygens (including phenoxy) is 1. The molecule has 0 saturated carbocycles. The highest BCUT2D eigenvalue weighted by Gasteiger charge is 2.74. The molecule has 4 aliphatic rings. The number of nitrogens with zero attached hydrogens (tertiary/aromatic N) is 3. The van der Waals surface area contributed by atoms with Gasteiger partial charge in [0.2, 0.25) is 11.8 Å². The molecular formula is C28H35N3O5S. The molecule has 3 amide bonds. The van der Waals surface area contributed by atoms with Gasteiger partial charge in [-0.15, -0.1) is 11.8 Å². The number of carbonyl (C=O) groups excluding carboxylic acids is 3.